The number of Topliss-reactive ketones (excluding diaryl/α,β-unsaturated/α-hetero) is 1. The van der Waals surface area contributed by atoms with Crippen LogP contribution in [-0.4, -0.2) is 24.8 Å². The van der Waals surface area contributed by atoms with Crippen LogP contribution >= 0.6 is 23.2 Å². The van der Waals surface area contributed by atoms with Gasteiger partial charge in [0, 0.05) is 15.6 Å². The normalized spacial score (nSPS) is 10.1. The molecule has 2 rings (SSSR count). The highest BCUT2D eigenvalue weighted by Gasteiger charge is 2.08. The Morgan fingerprint density at radius 3 is 2.05 bits per heavy atom. The van der Waals surface area contributed by atoms with Crippen molar-refractivity contribution in [2.24, 2.45) is 0 Å². The van der Waals surface area contributed by atoms with E-state index < -0.39 is 0 Å². The smallest absolute Gasteiger partial charge is 0.258 e. The summed E-state index contributed by atoms with van der Waals surface area (Å²) in [5, 5.41) is 3.65. The fourth-order valence-corrected chi connectivity index (χ4v) is 1.90. The Morgan fingerprint density at radius 2 is 1.45 bits per heavy atom. The molecule has 0 fully saturated rings. The molecule has 0 radical (unpaired) electrons. The topological polar surface area (TPSA) is 55.4 Å². The number of hydrogen-bond donors (Lipinski definition) is 1. The van der Waals surface area contributed by atoms with Gasteiger partial charge in [-0.3, -0.25) is 9.59 Å². The highest BCUT2D eigenvalue weighted by atomic mass is 35.5. The van der Waals surface area contributed by atoms with Crippen LogP contribution < -0.4 is 10.1 Å². The first kappa shape index (κ1) is 16.3. The number of halogens is 2. The summed E-state index contributed by atoms with van der Waals surface area (Å²) in [5.41, 5.74) is 0.489. The summed E-state index contributed by atoms with van der Waals surface area (Å²) in [4.78, 5) is 23.5. The van der Waals surface area contributed by atoms with Crippen LogP contribution in [0.2, 0.25) is 10.0 Å². The molecule has 0 aliphatic carbocycles. The summed E-state index contributed by atoms with van der Waals surface area (Å²) in [6.07, 6.45) is 0. The SMILES string of the molecule is O=C(COc1ccc(Cl)cc1)NCC(=O)c1ccc(Cl)cc1. The predicted octanol–water partition coefficient (Wildman–Crippen LogP) is 3.37. The first-order valence-corrected chi connectivity index (χ1v) is 7.24. The van der Waals surface area contributed by atoms with Gasteiger partial charge in [0.05, 0.1) is 6.54 Å². The summed E-state index contributed by atoms with van der Waals surface area (Å²) in [5.74, 6) is -0.0441. The van der Waals surface area contributed by atoms with Gasteiger partial charge in [-0.2, -0.15) is 0 Å². The van der Waals surface area contributed by atoms with Gasteiger partial charge in [0.25, 0.3) is 5.91 Å². The monoisotopic (exact) mass is 337 g/mol. The summed E-state index contributed by atoms with van der Waals surface area (Å²) in [6, 6.07) is 13.1. The molecule has 0 saturated heterocycles. The minimum Gasteiger partial charge on any atom is -0.484 e. The van der Waals surface area contributed by atoms with Crippen molar-refractivity contribution in [2.75, 3.05) is 13.2 Å². The molecule has 2 aromatic rings. The van der Waals surface area contributed by atoms with Gasteiger partial charge in [0.1, 0.15) is 5.75 Å². The van der Waals surface area contributed by atoms with E-state index in [0.717, 1.165) is 0 Å². The van der Waals surface area contributed by atoms with E-state index in [1.807, 2.05) is 0 Å². The van der Waals surface area contributed by atoms with Crippen LogP contribution in [0.25, 0.3) is 0 Å². The van der Waals surface area contributed by atoms with E-state index in [1.165, 1.54) is 0 Å². The number of rotatable bonds is 6. The van der Waals surface area contributed by atoms with Crippen LogP contribution in [0.5, 0.6) is 5.75 Å². The molecule has 0 aliphatic heterocycles. The highest BCUT2D eigenvalue weighted by Crippen LogP contribution is 2.15. The van der Waals surface area contributed by atoms with Crippen LogP contribution in [-0.2, 0) is 4.79 Å². The van der Waals surface area contributed by atoms with E-state index >= 15 is 0 Å². The lowest BCUT2D eigenvalue weighted by atomic mass is 10.1. The fraction of sp³-hybridized carbons (Fsp3) is 0.125. The number of carbonyl (C=O) groups excluding carboxylic acids is 2. The van der Waals surface area contributed by atoms with Gasteiger partial charge in [-0.05, 0) is 48.5 Å². The summed E-state index contributed by atoms with van der Waals surface area (Å²) in [6.45, 7) is -0.264. The lowest BCUT2D eigenvalue weighted by Gasteiger charge is -2.07. The minimum atomic E-state index is -0.378. The number of amides is 1. The van der Waals surface area contributed by atoms with E-state index in [-0.39, 0.29) is 24.8 Å². The zero-order valence-corrected chi connectivity index (χ0v) is 13.0. The minimum absolute atomic E-state index is 0.0928. The third kappa shape index (κ3) is 5.06. The Bertz CT molecular complexity index is 654. The Balaban J connectivity index is 1.76. The van der Waals surface area contributed by atoms with E-state index in [4.69, 9.17) is 27.9 Å². The van der Waals surface area contributed by atoms with Crippen molar-refractivity contribution in [3.63, 3.8) is 0 Å². The average molecular weight is 338 g/mol. The summed E-state index contributed by atoms with van der Waals surface area (Å²) >= 11 is 11.5. The van der Waals surface area contributed by atoms with Crippen LogP contribution in [0.4, 0.5) is 0 Å². The number of ketones is 1. The Kier molecular flexibility index (Phi) is 5.81. The largest absolute Gasteiger partial charge is 0.484 e. The van der Waals surface area contributed by atoms with Gasteiger partial charge in [-0.15, -0.1) is 0 Å². The van der Waals surface area contributed by atoms with Crippen LogP contribution in [0, 0.1) is 0 Å². The lowest BCUT2D eigenvalue weighted by molar-refractivity contribution is -0.122. The Hall–Kier alpha value is -2.04. The first-order chi connectivity index (χ1) is 10.5. The van der Waals surface area contributed by atoms with Gasteiger partial charge >= 0.3 is 0 Å². The molecule has 0 atom stereocenters. The molecule has 0 aromatic heterocycles. The zero-order chi connectivity index (χ0) is 15.9. The Labute approximate surface area is 138 Å². The van der Waals surface area contributed by atoms with Crippen molar-refractivity contribution in [1.82, 2.24) is 5.32 Å². The molecule has 0 bridgehead atoms. The third-order valence-corrected chi connectivity index (χ3v) is 3.30. The molecular weight excluding hydrogens is 325 g/mol. The first-order valence-electron chi connectivity index (χ1n) is 6.48. The summed E-state index contributed by atoms with van der Waals surface area (Å²) < 4.78 is 5.28. The second kappa shape index (κ2) is 7.82. The standard InChI is InChI=1S/C16H13Cl2NO3/c17-12-3-1-11(2-4-12)15(20)9-19-16(21)10-22-14-7-5-13(18)6-8-14/h1-8H,9-10H2,(H,19,21). The maximum Gasteiger partial charge on any atom is 0.258 e. The zero-order valence-electron chi connectivity index (χ0n) is 11.5. The van der Waals surface area contributed by atoms with Crippen LogP contribution in [0.15, 0.2) is 48.5 Å². The number of carbonyl (C=O) groups is 2. The number of ether oxygens (including phenoxy) is 1. The van der Waals surface area contributed by atoms with Crippen molar-refractivity contribution >= 4 is 34.9 Å². The van der Waals surface area contributed by atoms with Crippen LogP contribution in [0.1, 0.15) is 10.4 Å². The fourth-order valence-electron chi connectivity index (χ4n) is 1.65. The predicted molar refractivity (Wildman–Crippen MR) is 85.7 cm³/mol. The number of benzene rings is 2. The molecular formula is C16H13Cl2NO3. The molecule has 2 aromatic carbocycles. The van der Waals surface area contributed by atoms with Gasteiger partial charge in [-0.25, -0.2) is 0 Å². The molecule has 0 aliphatic rings. The van der Waals surface area contributed by atoms with Crippen molar-refractivity contribution in [2.45, 2.75) is 0 Å². The third-order valence-electron chi connectivity index (χ3n) is 2.80. The van der Waals surface area contributed by atoms with E-state index in [2.05, 4.69) is 5.32 Å². The highest BCUT2D eigenvalue weighted by molar-refractivity contribution is 6.30. The van der Waals surface area contributed by atoms with Crippen molar-refractivity contribution in [3.05, 3.63) is 64.1 Å². The summed E-state index contributed by atoms with van der Waals surface area (Å²) in [7, 11) is 0. The molecule has 0 saturated carbocycles. The number of nitrogens with one attached hydrogen (secondary N) is 1. The lowest BCUT2D eigenvalue weighted by Crippen LogP contribution is -2.33. The molecule has 1 amide bonds. The second-order valence-electron chi connectivity index (χ2n) is 4.45. The second-order valence-corrected chi connectivity index (χ2v) is 5.32. The molecule has 114 valence electrons. The maximum absolute atomic E-state index is 11.9. The molecule has 0 heterocycles. The quantitative estimate of drug-likeness (QED) is 0.822. The van der Waals surface area contributed by atoms with E-state index in [0.29, 0.717) is 21.4 Å². The number of hydrogen-bond acceptors (Lipinski definition) is 3. The molecule has 4 nitrogen and oxygen atoms in total. The van der Waals surface area contributed by atoms with Gasteiger partial charge in [0.15, 0.2) is 12.4 Å². The average Bonchev–Trinajstić information content (AvgIpc) is 2.52. The molecule has 0 spiro atoms. The molecule has 6 heteroatoms. The van der Waals surface area contributed by atoms with E-state index in [9.17, 15) is 9.59 Å². The van der Waals surface area contributed by atoms with Gasteiger partial charge < -0.3 is 10.1 Å². The van der Waals surface area contributed by atoms with Gasteiger partial charge in [-0.1, -0.05) is 23.2 Å². The molecule has 22 heavy (non-hydrogen) atoms. The van der Waals surface area contributed by atoms with Crippen molar-refractivity contribution < 1.29 is 14.3 Å². The Morgan fingerprint density at radius 1 is 0.909 bits per heavy atom. The molecule has 1 N–H and O–H groups in total. The van der Waals surface area contributed by atoms with Crippen molar-refractivity contribution in [1.29, 1.82) is 0 Å². The maximum atomic E-state index is 11.9. The van der Waals surface area contributed by atoms with Crippen molar-refractivity contribution in [3.8, 4) is 5.75 Å². The molecule has 0 unspecified atom stereocenters. The van der Waals surface area contributed by atoms with Gasteiger partial charge in [0.2, 0.25) is 0 Å². The van der Waals surface area contributed by atoms with E-state index in [1.54, 1.807) is 48.5 Å². The van der Waals surface area contributed by atoms with Crippen LogP contribution in [0.3, 0.4) is 0 Å².